The maximum absolute atomic E-state index is 12.3. The number of β-amino-alcohol motifs (C(OH)–C–C–N with tert-alkyl or cyclic N) is 1. The smallest absolute Gasteiger partial charge is 0.273 e. The Morgan fingerprint density at radius 1 is 1.33 bits per heavy atom. The van der Waals surface area contributed by atoms with E-state index in [1.54, 1.807) is 6.20 Å². The molecule has 1 unspecified atom stereocenters. The second-order valence-electron chi connectivity index (χ2n) is 8.97. The zero-order chi connectivity index (χ0) is 19.4. The van der Waals surface area contributed by atoms with Crippen molar-refractivity contribution in [2.75, 3.05) is 19.7 Å². The molecule has 0 spiro atoms. The van der Waals surface area contributed by atoms with Gasteiger partial charge in [0.2, 0.25) is 0 Å². The molecule has 1 atom stereocenters. The van der Waals surface area contributed by atoms with Crippen molar-refractivity contribution >= 4 is 17.2 Å². The molecule has 2 fully saturated rings. The van der Waals surface area contributed by atoms with Crippen LogP contribution in [0.25, 0.3) is 0 Å². The summed E-state index contributed by atoms with van der Waals surface area (Å²) in [5.74, 6) is 2.53. The molecule has 2 aliphatic carbocycles. The van der Waals surface area contributed by atoms with Crippen LogP contribution in [0.2, 0.25) is 0 Å². The normalized spacial score (nSPS) is 25.6. The van der Waals surface area contributed by atoms with E-state index in [1.807, 2.05) is 20.8 Å². The fraction of sp³-hybridized carbons (Fsp3) is 0.800. The van der Waals surface area contributed by atoms with Gasteiger partial charge in [0.25, 0.3) is 11.1 Å². The Hall–Kier alpha value is -1.18. The van der Waals surface area contributed by atoms with Crippen molar-refractivity contribution in [3.8, 4) is 5.19 Å². The van der Waals surface area contributed by atoms with Crippen LogP contribution in [0.1, 0.15) is 62.5 Å². The summed E-state index contributed by atoms with van der Waals surface area (Å²) in [6, 6.07) is 0. The lowest BCUT2D eigenvalue weighted by Crippen LogP contribution is -2.42. The summed E-state index contributed by atoms with van der Waals surface area (Å²) >= 11 is 1.23. The van der Waals surface area contributed by atoms with Crippen LogP contribution in [0, 0.1) is 17.8 Å². The Morgan fingerprint density at radius 3 is 2.63 bits per heavy atom. The quantitative estimate of drug-likeness (QED) is 0.599. The summed E-state index contributed by atoms with van der Waals surface area (Å²) in [4.78, 5) is 17.0. The fourth-order valence-corrected chi connectivity index (χ4v) is 5.07. The summed E-state index contributed by atoms with van der Waals surface area (Å²) in [7, 11) is 0. The molecule has 3 N–H and O–H groups in total. The first kappa shape index (κ1) is 20.6. The van der Waals surface area contributed by atoms with E-state index < -0.39 is 6.10 Å². The Morgan fingerprint density at radius 2 is 2.00 bits per heavy atom. The van der Waals surface area contributed by atoms with Gasteiger partial charge in [0, 0.05) is 18.6 Å². The SMILES string of the molecule is CC(C)(C)NCC(O)COc1ncc(C(=O)NCCC2C3CCC2CC3)s1. The Bertz CT molecular complexity index is 608. The highest BCUT2D eigenvalue weighted by molar-refractivity contribution is 7.15. The van der Waals surface area contributed by atoms with Crippen LogP contribution >= 0.6 is 11.3 Å². The number of carbonyl (C=O) groups excluding carboxylic acids is 1. The average Bonchev–Trinajstić information content (AvgIpc) is 3.33. The summed E-state index contributed by atoms with van der Waals surface area (Å²) < 4.78 is 5.52. The van der Waals surface area contributed by atoms with Gasteiger partial charge in [0.15, 0.2) is 0 Å². The number of hydrogen-bond acceptors (Lipinski definition) is 6. The summed E-state index contributed by atoms with van der Waals surface area (Å²) in [6.45, 7) is 7.48. The number of aliphatic hydroxyl groups excluding tert-OH is 1. The van der Waals surface area contributed by atoms with Crippen molar-refractivity contribution in [1.82, 2.24) is 15.6 Å². The van der Waals surface area contributed by atoms with Crippen molar-refractivity contribution < 1.29 is 14.6 Å². The molecular weight excluding hydrogens is 362 g/mol. The van der Waals surface area contributed by atoms with Gasteiger partial charge in [-0.3, -0.25) is 4.79 Å². The monoisotopic (exact) mass is 395 g/mol. The number of aliphatic hydroxyl groups is 1. The van der Waals surface area contributed by atoms with Crippen LogP contribution in [0.3, 0.4) is 0 Å². The molecule has 2 bridgehead atoms. The number of amides is 1. The highest BCUT2D eigenvalue weighted by Crippen LogP contribution is 2.50. The molecule has 0 saturated heterocycles. The van der Waals surface area contributed by atoms with E-state index in [0.717, 1.165) is 30.7 Å². The Kier molecular flexibility index (Phi) is 6.76. The zero-order valence-corrected chi connectivity index (χ0v) is 17.5. The standard InChI is InChI=1S/C20H33N3O3S/c1-20(2,3)23-10-15(24)12-26-19-22-11-17(27-19)18(25)21-9-8-16-13-4-5-14(16)7-6-13/h11,13-16,23-24H,4-10,12H2,1-3H3,(H,21,25). The second-order valence-corrected chi connectivity index (χ2v) is 9.96. The van der Waals surface area contributed by atoms with Gasteiger partial charge in [-0.15, -0.1) is 0 Å². The second kappa shape index (κ2) is 8.88. The molecule has 1 amide bonds. The van der Waals surface area contributed by atoms with Gasteiger partial charge < -0.3 is 20.5 Å². The summed E-state index contributed by atoms with van der Waals surface area (Å²) in [5, 5.41) is 16.6. The number of aromatic nitrogens is 1. The number of fused-ring (bicyclic) bond motifs is 2. The van der Waals surface area contributed by atoms with Crippen molar-refractivity contribution in [1.29, 1.82) is 0 Å². The maximum atomic E-state index is 12.3. The van der Waals surface area contributed by atoms with Gasteiger partial charge in [0.1, 0.15) is 17.6 Å². The molecule has 1 aromatic heterocycles. The third kappa shape index (κ3) is 5.90. The van der Waals surface area contributed by atoms with Crippen molar-refractivity contribution in [2.45, 2.75) is 64.5 Å². The van der Waals surface area contributed by atoms with E-state index in [2.05, 4.69) is 15.6 Å². The van der Waals surface area contributed by atoms with Crippen LogP contribution in [0.5, 0.6) is 5.19 Å². The molecule has 2 aliphatic rings. The lowest BCUT2D eigenvalue weighted by molar-refractivity contribution is 0.0954. The minimum atomic E-state index is -0.618. The summed E-state index contributed by atoms with van der Waals surface area (Å²) in [5.41, 5.74) is -0.0502. The molecule has 0 aromatic carbocycles. The number of nitrogens with zero attached hydrogens (tertiary/aromatic N) is 1. The molecule has 27 heavy (non-hydrogen) atoms. The first-order valence-corrected chi connectivity index (χ1v) is 10.9. The van der Waals surface area contributed by atoms with E-state index in [-0.39, 0.29) is 18.1 Å². The predicted molar refractivity (Wildman–Crippen MR) is 107 cm³/mol. The first-order chi connectivity index (χ1) is 12.8. The van der Waals surface area contributed by atoms with E-state index in [1.165, 1.54) is 37.0 Å². The third-order valence-electron chi connectivity index (χ3n) is 5.77. The van der Waals surface area contributed by atoms with E-state index in [9.17, 15) is 9.90 Å². The highest BCUT2D eigenvalue weighted by Gasteiger charge is 2.40. The van der Waals surface area contributed by atoms with Crippen LogP contribution in [-0.2, 0) is 0 Å². The average molecular weight is 396 g/mol. The number of hydrogen-bond donors (Lipinski definition) is 3. The number of carbonyl (C=O) groups is 1. The van der Waals surface area contributed by atoms with Gasteiger partial charge in [0.05, 0.1) is 6.20 Å². The lowest BCUT2D eigenvalue weighted by atomic mass is 9.94. The van der Waals surface area contributed by atoms with E-state index in [4.69, 9.17) is 4.74 Å². The maximum Gasteiger partial charge on any atom is 0.273 e. The molecule has 1 heterocycles. The highest BCUT2D eigenvalue weighted by atomic mass is 32.1. The van der Waals surface area contributed by atoms with Crippen molar-refractivity contribution in [3.63, 3.8) is 0 Å². The van der Waals surface area contributed by atoms with Gasteiger partial charge >= 0.3 is 0 Å². The molecule has 152 valence electrons. The molecule has 2 saturated carbocycles. The zero-order valence-electron chi connectivity index (χ0n) is 16.7. The third-order valence-corrected chi connectivity index (χ3v) is 6.67. The van der Waals surface area contributed by atoms with Crippen molar-refractivity contribution in [2.24, 2.45) is 17.8 Å². The van der Waals surface area contributed by atoms with E-state index in [0.29, 0.717) is 16.6 Å². The number of thiazole rings is 1. The molecule has 1 aromatic rings. The number of nitrogens with one attached hydrogen (secondary N) is 2. The molecule has 6 nitrogen and oxygen atoms in total. The number of rotatable bonds is 9. The predicted octanol–water partition coefficient (Wildman–Crippen LogP) is 2.83. The first-order valence-electron chi connectivity index (χ1n) is 10.1. The molecule has 7 heteroatoms. The lowest BCUT2D eigenvalue weighted by Gasteiger charge is -2.22. The Balaban J connectivity index is 1.36. The number of ether oxygens (including phenoxy) is 1. The molecule has 3 rings (SSSR count). The van der Waals surface area contributed by atoms with E-state index >= 15 is 0 Å². The molecule has 0 aliphatic heterocycles. The minimum Gasteiger partial charge on any atom is -0.467 e. The molecular formula is C20H33N3O3S. The van der Waals surface area contributed by atoms with Gasteiger partial charge in [-0.25, -0.2) is 4.98 Å². The topological polar surface area (TPSA) is 83.5 Å². The fourth-order valence-electron chi connectivity index (χ4n) is 4.38. The van der Waals surface area contributed by atoms with Crippen LogP contribution in [0.15, 0.2) is 6.20 Å². The van der Waals surface area contributed by atoms with Crippen LogP contribution in [-0.4, -0.2) is 47.3 Å². The molecule has 0 radical (unpaired) electrons. The minimum absolute atomic E-state index is 0.0502. The Labute approximate surface area is 166 Å². The van der Waals surface area contributed by atoms with Crippen LogP contribution < -0.4 is 15.4 Å². The van der Waals surface area contributed by atoms with Gasteiger partial charge in [-0.1, -0.05) is 11.3 Å². The largest absolute Gasteiger partial charge is 0.467 e. The van der Waals surface area contributed by atoms with Gasteiger partial charge in [-0.2, -0.15) is 0 Å². The van der Waals surface area contributed by atoms with Crippen molar-refractivity contribution in [3.05, 3.63) is 11.1 Å². The summed E-state index contributed by atoms with van der Waals surface area (Å²) in [6.07, 6.45) is 7.56. The van der Waals surface area contributed by atoms with Crippen LogP contribution in [0.4, 0.5) is 0 Å². The van der Waals surface area contributed by atoms with Gasteiger partial charge in [-0.05, 0) is 70.6 Å².